The van der Waals surface area contributed by atoms with Gasteiger partial charge < -0.3 is 10.1 Å². The van der Waals surface area contributed by atoms with Crippen LogP contribution in [0.1, 0.15) is 81.5 Å². The molecule has 4 nitrogen and oxygen atoms in total. The number of hydrogen-bond donors (Lipinski definition) is 1. The number of aliphatic imine (C=N–C) groups is 1. The number of thioether (sulfide) groups is 1. The van der Waals surface area contributed by atoms with Gasteiger partial charge >= 0.3 is 0 Å². The van der Waals surface area contributed by atoms with Gasteiger partial charge in [-0.15, -0.1) is 11.8 Å². The molecule has 0 spiro atoms. The van der Waals surface area contributed by atoms with Crippen molar-refractivity contribution in [3.05, 3.63) is 41.6 Å². The number of carbonyl (C=O) groups excluding carboxylic acids is 1. The van der Waals surface area contributed by atoms with Crippen molar-refractivity contribution >= 4 is 22.7 Å². The van der Waals surface area contributed by atoms with Gasteiger partial charge in [-0.05, 0) is 119 Å². The molecular weight excluding hydrogens is 440 g/mol. The van der Waals surface area contributed by atoms with E-state index < -0.39 is 0 Å². The van der Waals surface area contributed by atoms with Gasteiger partial charge in [0.1, 0.15) is 5.75 Å². The number of rotatable bonds is 6. The summed E-state index contributed by atoms with van der Waals surface area (Å²) in [6, 6.07) is 8.26. The first-order valence-electron chi connectivity index (χ1n) is 13.5. The summed E-state index contributed by atoms with van der Waals surface area (Å²) in [5, 5.41) is 4.71. The van der Waals surface area contributed by atoms with E-state index in [0.29, 0.717) is 24.0 Å². The summed E-state index contributed by atoms with van der Waals surface area (Å²) < 4.78 is 6.29. The summed E-state index contributed by atoms with van der Waals surface area (Å²) in [6.45, 7) is 2.08. The molecule has 0 radical (unpaired) electrons. The standard InChI is InChI=1S/C29H38N2O2S/c1-18-2-11-27(30-18)34-17-19-3-7-25(8-4-19)33-26-9-5-22(6-10-26)29(32)31-28-23-13-20-12-21(15-23)16-24(28)14-20/h2,5-6,9-10,19-21,23-25,28H,3-4,7-8,11-17H2,1H3,(H,31,32). The van der Waals surface area contributed by atoms with Gasteiger partial charge in [0.2, 0.25) is 0 Å². The zero-order chi connectivity index (χ0) is 23.1. The Morgan fingerprint density at radius 2 is 1.68 bits per heavy atom. The average molecular weight is 479 g/mol. The van der Waals surface area contributed by atoms with E-state index in [1.54, 1.807) is 0 Å². The molecule has 0 unspecified atom stereocenters. The first kappa shape index (κ1) is 22.7. The first-order chi connectivity index (χ1) is 16.6. The second kappa shape index (κ2) is 9.72. The Kier molecular flexibility index (Phi) is 6.49. The lowest BCUT2D eigenvalue weighted by Gasteiger charge is -2.54. The van der Waals surface area contributed by atoms with Crippen LogP contribution in [0.5, 0.6) is 5.75 Å². The maximum absolute atomic E-state index is 13.0. The smallest absolute Gasteiger partial charge is 0.251 e. The number of nitrogens with one attached hydrogen (secondary N) is 1. The molecule has 182 valence electrons. The van der Waals surface area contributed by atoms with E-state index in [0.717, 1.165) is 54.0 Å². The van der Waals surface area contributed by atoms with E-state index in [4.69, 9.17) is 4.74 Å². The summed E-state index contributed by atoms with van der Waals surface area (Å²) in [4.78, 5) is 17.6. The maximum atomic E-state index is 13.0. The molecule has 0 saturated heterocycles. The van der Waals surface area contributed by atoms with Crippen LogP contribution in [0.2, 0.25) is 0 Å². The average Bonchev–Trinajstić information content (AvgIpc) is 3.26. The predicted molar refractivity (Wildman–Crippen MR) is 139 cm³/mol. The number of benzene rings is 1. The summed E-state index contributed by atoms with van der Waals surface area (Å²) in [6.07, 6.45) is 15.0. The van der Waals surface area contributed by atoms with Crippen molar-refractivity contribution in [2.75, 3.05) is 5.75 Å². The Hall–Kier alpha value is -1.75. The second-order valence-corrected chi connectivity index (χ2v) is 12.7. The minimum atomic E-state index is 0.0966. The normalized spacial score (nSPS) is 36.2. The van der Waals surface area contributed by atoms with Gasteiger partial charge in [0, 0.05) is 29.5 Å². The Bertz CT molecular complexity index is 933. The highest BCUT2D eigenvalue weighted by molar-refractivity contribution is 8.14. The number of hydrogen-bond acceptors (Lipinski definition) is 4. The van der Waals surface area contributed by atoms with Crippen molar-refractivity contribution in [1.82, 2.24) is 5.32 Å². The predicted octanol–water partition coefficient (Wildman–Crippen LogP) is 6.62. The molecule has 5 saturated carbocycles. The number of ether oxygens (including phenoxy) is 1. The fourth-order valence-corrected chi connectivity index (χ4v) is 8.69. The van der Waals surface area contributed by atoms with Crippen LogP contribution in [-0.4, -0.2) is 28.8 Å². The molecule has 1 aliphatic heterocycles. The Labute approximate surface area is 208 Å². The first-order valence-corrected chi connectivity index (χ1v) is 14.5. The topological polar surface area (TPSA) is 50.7 Å². The highest BCUT2D eigenvalue weighted by Gasteiger charge is 2.48. The van der Waals surface area contributed by atoms with Crippen LogP contribution in [0.3, 0.4) is 0 Å². The molecule has 4 bridgehead atoms. The van der Waals surface area contributed by atoms with Gasteiger partial charge in [-0.3, -0.25) is 9.79 Å². The monoisotopic (exact) mass is 478 g/mol. The molecule has 1 aromatic rings. The summed E-state index contributed by atoms with van der Waals surface area (Å²) in [7, 11) is 0. The molecule has 5 fully saturated rings. The van der Waals surface area contributed by atoms with Gasteiger partial charge in [0.05, 0.1) is 11.1 Å². The van der Waals surface area contributed by atoms with E-state index >= 15 is 0 Å². The van der Waals surface area contributed by atoms with Gasteiger partial charge in [-0.25, -0.2) is 0 Å². The zero-order valence-electron chi connectivity index (χ0n) is 20.4. The SMILES string of the molecule is CC1=CCC(SCC2CCC(Oc3ccc(C(=O)NC4C5CC6CC(C5)CC4C6)cc3)CC2)=N1. The third-order valence-corrected chi connectivity index (χ3v) is 10.3. The number of carbonyl (C=O) groups is 1. The summed E-state index contributed by atoms with van der Waals surface area (Å²) in [5.74, 6) is 6.23. The maximum Gasteiger partial charge on any atom is 0.251 e. The van der Waals surface area contributed by atoms with Crippen LogP contribution < -0.4 is 10.1 Å². The van der Waals surface area contributed by atoms with Crippen molar-refractivity contribution in [2.24, 2.45) is 34.6 Å². The lowest BCUT2D eigenvalue weighted by Crippen LogP contribution is -2.55. The van der Waals surface area contributed by atoms with Crippen LogP contribution in [-0.2, 0) is 0 Å². The molecule has 0 atom stereocenters. The Morgan fingerprint density at radius 1 is 1.00 bits per heavy atom. The lowest BCUT2D eigenvalue weighted by molar-refractivity contribution is -0.0119. The number of amides is 1. The zero-order valence-corrected chi connectivity index (χ0v) is 21.2. The molecule has 1 N–H and O–H groups in total. The third-order valence-electron chi connectivity index (χ3n) is 9.10. The quantitative estimate of drug-likeness (QED) is 0.500. The van der Waals surface area contributed by atoms with Gasteiger partial charge in [-0.1, -0.05) is 6.08 Å². The fourth-order valence-electron chi connectivity index (χ4n) is 7.52. The molecular formula is C29H38N2O2S. The van der Waals surface area contributed by atoms with Gasteiger partial charge in [-0.2, -0.15) is 0 Å². The van der Waals surface area contributed by atoms with E-state index in [9.17, 15) is 4.79 Å². The van der Waals surface area contributed by atoms with Crippen LogP contribution in [0.4, 0.5) is 0 Å². The van der Waals surface area contributed by atoms with Crippen molar-refractivity contribution in [1.29, 1.82) is 0 Å². The fraction of sp³-hybridized carbons (Fsp3) is 0.655. The van der Waals surface area contributed by atoms with E-state index in [1.165, 1.54) is 55.7 Å². The molecule has 0 aromatic heterocycles. The van der Waals surface area contributed by atoms with Crippen molar-refractivity contribution in [3.63, 3.8) is 0 Å². The van der Waals surface area contributed by atoms with Crippen molar-refractivity contribution in [3.8, 4) is 5.75 Å². The van der Waals surface area contributed by atoms with Crippen molar-refractivity contribution in [2.45, 2.75) is 83.3 Å². The van der Waals surface area contributed by atoms with Crippen molar-refractivity contribution < 1.29 is 9.53 Å². The molecule has 1 aromatic carbocycles. The highest BCUT2D eigenvalue weighted by atomic mass is 32.2. The number of allylic oxidation sites excluding steroid dienone is 2. The van der Waals surface area contributed by atoms with E-state index in [2.05, 4.69) is 23.3 Å². The van der Waals surface area contributed by atoms with Crippen LogP contribution in [0, 0.1) is 29.6 Å². The summed E-state index contributed by atoms with van der Waals surface area (Å²) >= 11 is 1.94. The minimum absolute atomic E-state index is 0.0966. The molecule has 5 aliphatic carbocycles. The number of nitrogens with zero attached hydrogens (tertiary/aromatic N) is 1. The third kappa shape index (κ3) is 4.96. The van der Waals surface area contributed by atoms with Gasteiger partial charge in [0.25, 0.3) is 5.91 Å². The van der Waals surface area contributed by atoms with Crippen LogP contribution in [0.15, 0.2) is 41.0 Å². The Balaban J connectivity index is 0.956. The van der Waals surface area contributed by atoms with E-state index in [1.807, 2.05) is 36.0 Å². The molecule has 34 heavy (non-hydrogen) atoms. The van der Waals surface area contributed by atoms with E-state index in [-0.39, 0.29) is 5.91 Å². The molecule has 1 heterocycles. The Morgan fingerprint density at radius 3 is 2.29 bits per heavy atom. The molecule has 6 aliphatic rings. The van der Waals surface area contributed by atoms with Crippen LogP contribution >= 0.6 is 11.8 Å². The van der Waals surface area contributed by atoms with Gasteiger partial charge in [0.15, 0.2) is 0 Å². The molecule has 5 heteroatoms. The largest absolute Gasteiger partial charge is 0.490 e. The summed E-state index contributed by atoms with van der Waals surface area (Å²) in [5.41, 5.74) is 1.93. The lowest BCUT2D eigenvalue weighted by atomic mass is 9.54. The highest BCUT2D eigenvalue weighted by Crippen LogP contribution is 2.53. The van der Waals surface area contributed by atoms with Crippen LogP contribution in [0.25, 0.3) is 0 Å². The molecule has 1 amide bonds. The minimum Gasteiger partial charge on any atom is -0.490 e. The molecule has 7 rings (SSSR count). The second-order valence-electron chi connectivity index (χ2n) is 11.6.